The van der Waals surface area contributed by atoms with Gasteiger partial charge in [-0.25, -0.2) is 4.98 Å². The summed E-state index contributed by atoms with van der Waals surface area (Å²) in [6.07, 6.45) is 15.5. The van der Waals surface area contributed by atoms with E-state index in [2.05, 4.69) is 110 Å². The van der Waals surface area contributed by atoms with Crippen molar-refractivity contribution in [2.24, 2.45) is 0 Å². The van der Waals surface area contributed by atoms with E-state index in [1.54, 1.807) is 32.5 Å². The van der Waals surface area contributed by atoms with Gasteiger partial charge in [-0.3, -0.25) is 0 Å². The second-order valence-corrected chi connectivity index (χ2v) is 8.33. The maximum atomic E-state index is 6.08. The molecule has 0 saturated carbocycles. The lowest BCUT2D eigenvalue weighted by Gasteiger charge is -2.14. The Bertz CT molecular complexity index is 960. The number of terminal acetylenes is 1. The highest BCUT2D eigenvalue weighted by molar-refractivity contribution is 7.15. The van der Waals surface area contributed by atoms with E-state index in [1.807, 2.05) is 0 Å². The van der Waals surface area contributed by atoms with Gasteiger partial charge < -0.3 is 15.5 Å². The van der Waals surface area contributed by atoms with Crippen molar-refractivity contribution in [2.45, 2.75) is 46.5 Å². The first-order valence-corrected chi connectivity index (χ1v) is 12.0. The van der Waals surface area contributed by atoms with Crippen LogP contribution in [0.25, 0.3) is 0 Å². The van der Waals surface area contributed by atoms with Crippen molar-refractivity contribution < 1.29 is 4.74 Å². The average molecular weight is 478 g/mol. The number of hydrogen-bond acceptors (Lipinski definition) is 5. The van der Waals surface area contributed by atoms with Crippen LogP contribution in [-0.4, -0.2) is 25.4 Å². The van der Waals surface area contributed by atoms with Crippen LogP contribution in [0.5, 0.6) is 0 Å². The third-order valence-corrected chi connectivity index (χ3v) is 5.47. The first-order valence-electron chi connectivity index (χ1n) is 11.2. The number of aromatic nitrogens is 1. The minimum atomic E-state index is 0.353. The zero-order chi connectivity index (χ0) is 25.8. The smallest absolute Gasteiger partial charge is 0.187 e. The van der Waals surface area contributed by atoms with Gasteiger partial charge in [-0.1, -0.05) is 61.5 Å². The predicted octanol–water partition coefficient (Wildman–Crippen LogP) is 8.02. The number of rotatable bonds is 7. The molecular weight excluding hydrogens is 438 g/mol. The van der Waals surface area contributed by atoms with Gasteiger partial charge in [-0.15, -0.1) is 24.2 Å². The van der Waals surface area contributed by atoms with Gasteiger partial charge in [0.1, 0.15) is 0 Å². The highest BCUT2D eigenvalue weighted by atomic mass is 32.1. The number of nitrogens with one attached hydrogen (secondary N) is 2. The van der Waals surface area contributed by atoms with Gasteiger partial charge in [0.15, 0.2) is 5.13 Å². The first-order chi connectivity index (χ1) is 16.5. The van der Waals surface area contributed by atoms with Crippen LogP contribution in [0.4, 0.5) is 10.8 Å². The fraction of sp³-hybridized carbons (Fsp3) is 0.310. The lowest BCUT2D eigenvalue weighted by molar-refractivity contribution is 0.277. The molecule has 0 aliphatic heterocycles. The molecule has 2 aromatic carbocycles. The summed E-state index contributed by atoms with van der Waals surface area (Å²) in [7, 11) is 3.25. The van der Waals surface area contributed by atoms with Gasteiger partial charge in [0.05, 0.1) is 5.69 Å². The van der Waals surface area contributed by atoms with E-state index in [1.165, 1.54) is 27.9 Å². The van der Waals surface area contributed by atoms with Crippen molar-refractivity contribution in [3.8, 4) is 12.8 Å². The second kappa shape index (κ2) is 19.3. The summed E-state index contributed by atoms with van der Waals surface area (Å²) < 4.78 is 4.25. The monoisotopic (exact) mass is 477 g/mol. The molecule has 1 heterocycles. The zero-order valence-corrected chi connectivity index (χ0v) is 22.2. The molecule has 4 nitrogen and oxygen atoms in total. The lowest BCUT2D eigenvalue weighted by atomic mass is 9.93. The van der Waals surface area contributed by atoms with Crippen LogP contribution in [0.2, 0.25) is 0 Å². The summed E-state index contributed by atoms with van der Waals surface area (Å²) >= 11 is 1.73. The van der Waals surface area contributed by atoms with E-state index in [9.17, 15) is 0 Å². The zero-order valence-electron chi connectivity index (χ0n) is 21.3. The van der Waals surface area contributed by atoms with Crippen molar-refractivity contribution in [1.82, 2.24) is 4.98 Å². The van der Waals surface area contributed by atoms with Crippen LogP contribution in [0.15, 0.2) is 66.7 Å². The molecule has 3 aromatic rings. The number of methoxy groups -OCH3 is 1. The van der Waals surface area contributed by atoms with E-state index in [0.717, 1.165) is 23.7 Å². The minimum absolute atomic E-state index is 0.353. The van der Waals surface area contributed by atoms with Gasteiger partial charge in [-0.05, 0) is 63.1 Å². The van der Waals surface area contributed by atoms with E-state index in [0.29, 0.717) is 5.92 Å². The molecular formula is C29H39N3OS. The largest absolute Gasteiger partial charge is 0.388 e. The Labute approximate surface area is 210 Å². The van der Waals surface area contributed by atoms with Crippen molar-refractivity contribution in [1.29, 1.82) is 5.41 Å². The number of hydrogen-bond donors (Lipinski definition) is 2. The molecule has 0 bridgehead atoms. The molecule has 0 aliphatic carbocycles. The Kier molecular flexibility index (Phi) is 17.5. The lowest BCUT2D eigenvalue weighted by Crippen LogP contribution is -2.02. The number of ether oxygens (including phenoxy) is 1. The van der Waals surface area contributed by atoms with Crippen LogP contribution in [-0.2, 0) is 11.2 Å². The number of benzene rings is 2. The highest BCUT2D eigenvalue weighted by Gasteiger charge is 2.19. The van der Waals surface area contributed by atoms with E-state index < -0.39 is 0 Å². The Morgan fingerprint density at radius 2 is 1.62 bits per heavy atom. The van der Waals surface area contributed by atoms with Gasteiger partial charge in [-0.2, -0.15) is 0 Å². The van der Waals surface area contributed by atoms with Gasteiger partial charge in [0, 0.05) is 30.7 Å². The predicted molar refractivity (Wildman–Crippen MR) is 151 cm³/mol. The number of aryl methyl sites for hydroxylation is 1. The molecule has 1 aromatic heterocycles. The maximum Gasteiger partial charge on any atom is 0.187 e. The topological polar surface area (TPSA) is 58.0 Å². The third kappa shape index (κ3) is 11.1. The van der Waals surface area contributed by atoms with Crippen LogP contribution in [0.1, 0.15) is 54.8 Å². The van der Waals surface area contributed by atoms with Crippen molar-refractivity contribution in [3.05, 3.63) is 88.4 Å². The van der Waals surface area contributed by atoms with Crippen LogP contribution >= 0.6 is 11.3 Å². The molecule has 0 fully saturated rings. The molecule has 2 N–H and O–H groups in total. The Morgan fingerprint density at radius 1 is 1.06 bits per heavy atom. The standard InChI is InChI=1S/C23H26N2S.C2H5N.C2H6O.C2H2/c1-4-6-10-18-13-15-20(16-14-18)24-23-25-22(17(3)26-23)21(5-2)19-11-8-7-9-12-19;1-2-3;1-3-2;1-2/h4,6-9,11-16,21H,5,10H2,1-3H3,(H,24,25);2-3H,1H3;1-2H3;1-2H/b6-4+;;;. The normalized spacial score (nSPS) is 10.5. The van der Waals surface area contributed by atoms with Crippen LogP contribution in [0, 0.1) is 25.2 Å². The number of allylic oxidation sites excluding steroid dienone is 2. The van der Waals surface area contributed by atoms with Gasteiger partial charge in [0.2, 0.25) is 0 Å². The molecule has 34 heavy (non-hydrogen) atoms. The fourth-order valence-electron chi connectivity index (χ4n) is 3.16. The van der Waals surface area contributed by atoms with Crippen molar-refractivity contribution in [2.75, 3.05) is 19.5 Å². The molecule has 1 unspecified atom stereocenters. The summed E-state index contributed by atoms with van der Waals surface area (Å²) in [5.41, 5.74) is 4.93. The molecule has 3 rings (SSSR count). The molecule has 0 radical (unpaired) electrons. The van der Waals surface area contributed by atoms with E-state index in [4.69, 9.17) is 10.4 Å². The summed E-state index contributed by atoms with van der Waals surface area (Å²) in [4.78, 5) is 6.21. The van der Waals surface area contributed by atoms with Crippen molar-refractivity contribution in [3.63, 3.8) is 0 Å². The summed E-state index contributed by atoms with van der Waals surface area (Å²) in [5, 5.41) is 10.5. The maximum absolute atomic E-state index is 6.08. The molecule has 0 saturated heterocycles. The quantitative estimate of drug-likeness (QED) is 0.206. The molecule has 0 amide bonds. The van der Waals surface area contributed by atoms with Gasteiger partial charge >= 0.3 is 0 Å². The SMILES string of the molecule is C#C.C/C=C/Cc1ccc(Nc2nc(C(CC)c3ccccc3)c(C)s2)cc1.CC=N.COC. The summed E-state index contributed by atoms with van der Waals surface area (Å²) in [5.74, 6) is 0.353. The summed E-state index contributed by atoms with van der Waals surface area (Å²) in [6.45, 7) is 8.12. The second-order valence-electron chi connectivity index (χ2n) is 7.12. The molecule has 0 spiro atoms. The Balaban J connectivity index is 0.00000121. The Hall–Kier alpha value is -3.20. The molecule has 1 atom stereocenters. The van der Waals surface area contributed by atoms with E-state index >= 15 is 0 Å². The average Bonchev–Trinajstić information content (AvgIpc) is 3.21. The number of thiazole rings is 1. The van der Waals surface area contributed by atoms with Crippen LogP contribution < -0.4 is 5.32 Å². The Morgan fingerprint density at radius 3 is 2.12 bits per heavy atom. The molecule has 182 valence electrons. The van der Waals surface area contributed by atoms with Crippen molar-refractivity contribution >= 4 is 28.4 Å². The van der Waals surface area contributed by atoms with Gasteiger partial charge in [0.25, 0.3) is 0 Å². The minimum Gasteiger partial charge on any atom is -0.388 e. The molecule has 5 heteroatoms. The first kappa shape index (κ1) is 30.8. The highest BCUT2D eigenvalue weighted by Crippen LogP contribution is 2.35. The number of nitrogens with zero attached hydrogens (tertiary/aromatic N) is 1. The number of anilines is 2. The third-order valence-electron chi connectivity index (χ3n) is 4.57. The van der Waals surface area contributed by atoms with Crippen LogP contribution in [0.3, 0.4) is 0 Å². The molecule has 0 aliphatic rings. The summed E-state index contributed by atoms with van der Waals surface area (Å²) in [6, 6.07) is 19.3. The van der Waals surface area contributed by atoms with E-state index in [-0.39, 0.29) is 0 Å². The fourth-order valence-corrected chi connectivity index (χ4v) is 4.05.